The first-order valence-electron chi connectivity index (χ1n) is 9.83. The van der Waals surface area contributed by atoms with Crippen molar-refractivity contribution >= 4 is 35.1 Å². The van der Waals surface area contributed by atoms with Crippen molar-refractivity contribution in [2.24, 2.45) is 0 Å². The number of anilines is 2. The molecule has 1 fully saturated rings. The van der Waals surface area contributed by atoms with Crippen molar-refractivity contribution < 1.29 is 14.5 Å². The number of aromatic nitrogens is 2. The Labute approximate surface area is 173 Å². The third-order valence-corrected chi connectivity index (χ3v) is 5.63. The van der Waals surface area contributed by atoms with Crippen LogP contribution in [0, 0.1) is 0 Å². The Morgan fingerprint density at radius 3 is 2.59 bits per heavy atom. The summed E-state index contributed by atoms with van der Waals surface area (Å²) in [6.07, 6.45) is 2.76. The molecule has 0 unspecified atom stereocenters. The van der Waals surface area contributed by atoms with E-state index in [0.29, 0.717) is 10.7 Å². The number of rotatable bonds is 8. The normalized spacial score (nSPS) is 14.0. The maximum atomic E-state index is 12.6. The van der Waals surface area contributed by atoms with E-state index in [9.17, 15) is 14.4 Å². The van der Waals surface area contributed by atoms with Gasteiger partial charge in [-0.3, -0.25) is 19.4 Å². The highest BCUT2D eigenvalue weighted by molar-refractivity contribution is 7.99. The van der Waals surface area contributed by atoms with Crippen molar-refractivity contribution in [1.29, 1.82) is 0 Å². The van der Waals surface area contributed by atoms with Crippen LogP contribution in [0.1, 0.15) is 36.5 Å². The molecule has 2 heterocycles. The summed E-state index contributed by atoms with van der Waals surface area (Å²) in [6.45, 7) is 5.08. The lowest BCUT2D eigenvalue weighted by molar-refractivity contribution is -0.884. The van der Waals surface area contributed by atoms with E-state index >= 15 is 0 Å². The first-order valence-corrected chi connectivity index (χ1v) is 10.8. The van der Waals surface area contributed by atoms with Gasteiger partial charge in [0.2, 0.25) is 5.91 Å². The van der Waals surface area contributed by atoms with Gasteiger partial charge in [0.1, 0.15) is 0 Å². The van der Waals surface area contributed by atoms with E-state index in [4.69, 9.17) is 0 Å². The second-order valence-corrected chi connectivity index (χ2v) is 7.96. The molecule has 2 aromatic rings. The summed E-state index contributed by atoms with van der Waals surface area (Å²) in [4.78, 5) is 45.7. The van der Waals surface area contributed by atoms with Gasteiger partial charge in [-0.1, -0.05) is 36.9 Å². The summed E-state index contributed by atoms with van der Waals surface area (Å²) < 4.78 is 0. The lowest BCUT2D eigenvalue weighted by Gasteiger charge is -2.13. The number of benzene rings is 1. The van der Waals surface area contributed by atoms with Crippen molar-refractivity contribution in [3.63, 3.8) is 0 Å². The number of hydrogen-bond donors (Lipinski definition) is 4. The fraction of sp³-hybridized carbons (Fsp3) is 0.400. The van der Waals surface area contributed by atoms with Gasteiger partial charge in [0.15, 0.2) is 16.7 Å². The highest BCUT2D eigenvalue weighted by Gasteiger charge is 2.18. The van der Waals surface area contributed by atoms with Crippen LogP contribution in [0.5, 0.6) is 0 Å². The Kier molecular flexibility index (Phi) is 7.42. The Hall–Kier alpha value is -2.65. The quantitative estimate of drug-likeness (QED) is 0.381. The topological polar surface area (TPSA) is 108 Å². The van der Waals surface area contributed by atoms with E-state index in [1.165, 1.54) is 37.7 Å². The molecule has 154 valence electrons. The van der Waals surface area contributed by atoms with Gasteiger partial charge in [0, 0.05) is 24.8 Å². The molecule has 2 amide bonds. The molecule has 1 aromatic heterocycles. The molecule has 8 nitrogen and oxygen atoms in total. The van der Waals surface area contributed by atoms with Gasteiger partial charge in [0.05, 0.1) is 25.4 Å². The van der Waals surface area contributed by atoms with E-state index in [0.717, 1.165) is 12.3 Å². The Morgan fingerprint density at radius 2 is 1.90 bits per heavy atom. The molecule has 1 saturated heterocycles. The smallest absolute Gasteiger partial charge is 0.277 e. The summed E-state index contributed by atoms with van der Waals surface area (Å²) in [6, 6.07) is 8.56. The van der Waals surface area contributed by atoms with Crippen LogP contribution in [0.25, 0.3) is 0 Å². The number of likely N-dealkylation sites (tertiary alicyclic amines) is 1. The number of aromatic amines is 1. The molecule has 4 N–H and O–H groups in total. The third kappa shape index (κ3) is 5.91. The van der Waals surface area contributed by atoms with Crippen LogP contribution < -0.4 is 21.1 Å². The van der Waals surface area contributed by atoms with E-state index in [-0.39, 0.29) is 23.8 Å². The summed E-state index contributed by atoms with van der Waals surface area (Å²) in [5, 5.41) is 5.63. The van der Waals surface area contributed by atoms with Crippen molar-refractivity contribution in [3.8, 4) is 0 Å². The maximum absolute atomic E-state index is 12.6. The summed E-state index contributed by atoms with van der Waals surface area (Å²) in [7, 11) is 0. The number of carbonyl (C=O) groups is 2. The monoisotopic (exact) mass is 416 g/mol. The zero-order chi connectivity index (χ0) is 20.6. The van der Waals surface area contributed by atoms with Crippen LogP contribution in [0.3, 0.4) is 0 Å². The van der Waals surface area contributed by atoms with Crippen LogP contribution in [-0.4, -0.2) is 47.2 Å². The molecular formula is C20H26N5O3S+. The molecule has 0 spiro atoms. The SMILES string of the molecule is CCC(=O)Nc1nc(SCC[NH+]2CCCC2)[nH]c(=O)c1NC(=O)c1ccccc1. The van der Waals surface area contributed by atoms with Gasteiger partial charge in [-0.15, -0.1) is 0 Å². The molecule has 0 aliphatic carbocycles. The predicted molar refractivity (Wildman–Crippen MR) is 114 cm³/mol. The fourth-order valence-electron chi connectivity index (χ4n) is 3.14. The number of carbonyl (C=O) groups excluding carboxylic acids is 2. The van der Waals surface area contributed by atoms with Gasteiger partial charge >= 0.3 is 0 Å². The van der Waals surface area contributed by atoms with Crippen molar-refractivity contribution in [2.75, 3.05) is 36.0 Å². The highest BCUT2D eigenvalue weighted by atomic mass is 32.2. The number of nitrogens with zero attached hydrogens (tertiary/aromatic N) is 1. The lowest BCUT2D eigenvalue weighted by Crippen LogP contribution is -3.10. The number of amides is 2. The first-order chi connectivity index (χ1) is 14.1. The summed E-state index contributed by atoms with van der Waals surface area (Å²) in [5.74, 6) is 0.161. The molecule has 1 aliphatic rings. The number of nitrogens with one attached hydrogen (secondary N) is 4. The Bertz CT molecular complexity index is 910. The van der Waals surface area contributed by atoms with Crippen molar-refractivity contribution in [1.82, 2.24) is 9.97 Å². The van der Waals surface area contributed by atoms with E-state index < -0.39 is 11.5 Å². The van der Waals surface area contributed by atoms with Gasteiger partial charge in [-0.25, -0.2) is 4.98 Å². The second-order valence-electron chi connectivity index (χ2n) is 6.87. The van der Waals surface area contributed by atoms with Gasteiger partial charge in [0.25, 0.3) is 11.5 Å². The summed E-state index contributed by atoms with van der Waals surface area (Å²) >= 11 is 1.44. The minimum Gasteiger partial charge on any atom is -0.334 e. The van der Waals surface area contributed by atoms with E-state index in [2.05, 4.69) is 20.6 Å². The lowest BCUT2D eigenvalue weighted by atomic mass is 10.2. The molecule has 29 heavy (non-hydrogen) atoms. The van der Waals surface area contributed by atoms with Crippen LogP contribution in [0.4, 0.5) is 11.5 Å². The molecule has 1 aliphatic heterocycles. The number of quaternary nitrogens is 1. The molecule has 0 radical (unpaired) electrons. The molecule has 9 heteroatoms. The standard InChI is InChI=1S/C20H25N5O3S/c1-2-15(26)21-17-16(22-18(27)14-8-4-3-5-9-14)19(28)24-20(23-17)29-13-12-25-10-6-7-11-25/h3-5,8-9H,2,6-7,10-13H2,1H3,(H,22,27)(H2,21,23,24,26,28)/p+1. The van der Waals surface area contributed by atoms with Crippen LogP contribution in [0.15, 0.2) is 40.3 Å². The summed E-state index contributed by atoms with van der Waals surface area (Å²) in [5.41, 5.74) is -0.145. The van der Waals surface area contributed by atoms with E-state index in [1.54, 1.807) is 42.2 Å². The maximum Gasteiger partial charge on any atom is 0.277 e. The minimum atomic E-state index is -0.494. The third-order valence-electron chi connectivity index (χ3n) is 4.76. The van der Waals surface area contributed by atoms with Crippen LogP contribution >= 0.6 is 11.8 Å². The van der Waals surface area contributed by atoms with E-state index in [1.807, 2.05) is 0 Å². The predicted octanol–water partition coefficient (Wildman–Crippen LogP) is 1.14. The van der Waals surface area contributed by atoms with Crippen LogP contribution in [0.2, 0.25) is 0 Å². The first kappa shape index (κ1) is 21.1. The number of thioether (sulfide) groups is 1. The molecule has 0 bridgehead atoms. The average Bonchev–Trinajstić information content (AvgIpc) is 3.24. The van der Waals surface area contributed by atoms with Gasteiger partial charge in [-0.2, -0.15) is 0 Å². The average molecular weight is 417 g/mol. The zero-order valence-electron chi connectivity index (χ0n) is 16.4. The van der Waals surface area contributed by atoms with Gasteiger partial charge in [-0.05, 0) is 12.1 Å². The fourth-order valence-corrected chi connectivity index (χ4v) is 4.04. The van der Waals surface area contributed by atoms with Crippen molar-refractivity contribution in [3.05, 3.63) is 46.2 Å². The minimum absolute atomic E-state index is 0.0600. The highest BCUT2D eigenvalue weighted by Crippen LogP contribution is 2.20. The van der Waals surface area contributed by atoms with Crippen LogP contribution in [-0.2, 0) is 4.79 Å². The molecule has 0 atom stereocenters. The second kappa shape index (κ2) is 10.2. The molecule has 1 aromatic carbocycles. The molecule has 3 rings (SSSR count). The molecular weight excluding hydrogens is 390 g/mol. The number of H-pyrrole nitrogens is 1. The Balaban J connectivity index is 1.77. The Morgan fingerprint density at radius 1 is 1.17 bits per heavy atom. The number of hydrogen-bond acceptors (Lipinski definition) is 5. The van der Waals surface area contributed by atoms with Gasteiger partial charge < -0.3 is 15.5 Å². The van der Waals surface area contributed by atoms with Crippen molar-refractivity contribution in [2.45, 2.75) is 31.3 Å². The molecule has 0 saturated carbocycles. The zero-order valence-corrected chi connectivity index (χ0v) is 17.2. The largest absolute Gasteiger partial charge is 0.334 e.